The highest BCUT2D eigenvalue weighted by Gasteiger charge is 2.15. The Morgan fingerprint density at radius 1 is 1.07 bits per heavy atom. The van der Waals surface area contributed by atoms with Crippen molar-refractivity contribution in [2.24, 2.45) is 0 Å². The molecule has 2 aromatic rings. The van der Waals surface area contributed by atoms with Crippen molar-refractivity contribution < 1.29 is 4.74 Å². The number of nitrogens with one attached hydrogen (secondary N) is 2. The van der Waals surface area contributed by atoms with Crippen LogP contribution in [-0.4, -0.2) is 23.5 Å². The van der Waals surface area contributed by atoms with E-state index in [1.54, 1.807) is 0 Å². The van der Waals surface area contributed by atoms with Gasteiger partial charge in [0.2, 0.25) is 5.88 Å². The fourth-order valence-corrected chi connectivity index (χ4v) is 3.40. The van der Waals surface area contributed by atoms with Crippen LogP contribution < -0.4 is 10.9 Å². The molecule has 1 aromatic carbocycles. The van der Waals surface area contributed by atoms with E-state index >= 15 is 0 Å². The van der Waals surface area contributed by atoms with E-state index in [-0.39, 0.29) is 0 Å². The van der Waals surface area contributed by atoms with E-state index in [2.05, 4.69) is 52.1 Å². The van der Waals surface area contributed by atoms with Gasteiger partial charge in [0.05, 0.1) is 0 Å². The van der Waals surface area contributed by atoms with Gasteiger partial charge in [-0.15, -0.1) is 0 Å². The molecule has 5 heteroatoms. The normalized spacial score (nSPS) is 16.5. The summed E-state index contributed by atoms with van der Waals surface area (Å²) in [5, 5.41) is 0. The first-order chi connectivity index (χ1) is 13.3. The summed E-state index contributed by atoms with van der Waals surface area (Å²) in [5.41, 5.74) is 12.6. The van der Waals surface area contributed by atoms with Crippen LogP contribution in [0.2, 0.25) is 0 Å². The van der Waals surface area contributed by atoms with Crippen molar-refractivity contribution in [2.45, 2.75) is 32.4 Å². The minimum absolute atomic E-state index is 0.555. The van der Waals surface area contributed by atoms with Gasteiger partial charge in [0.15, 0.2) is 0 Å². The molecule has 5 nitrogen and oxygen atoms in total. The van der Waals surface area contributed by atoms with Crippen molar-refractivity contribution in [1.82, 2.24) is 20.7 Å². The summed E-state index contributed by atoms with van der Waals surface area (Å²) < 4.78 is 5.78. The molecule has 3 heterocycles. The molecule has 140 valence electrons. The smallest absolute Gasteiger partial charge is 0.205 e. The third-order valence-corrected chi connectivity index (χ3v) is 4.99. The summed E-state index contributed by atoms with van der Waals surface area (Å²) in [6.07, 6.45) is 9.06. The van der Waals surface area contributed by atoms with Crippen molar-refractivity contribution in [2.75, 3.05) is 13.6 Å². The molecule has 1 aromatic heterocycles. The maximum atomic E-state index is 5.78. The predicted molar refractivity (Wildman–Crippen MR) is 106 cm³/mol. The lowest BCUT2D eigenvalue weighted by Gasteiger charge is -2.24. The molecule has 0 aliphatic carbocycles. The summed E-state index contributed by atoms with van der Waals surface area (Å²) in [6.45, 7) is 2.66. The van der Waals surface area contributed by atoms with E-state index in [9.17, 15) is 0 Å². The molecular formula is C22H26N4O. The van der Waals surface area contributed by atoms with E-state index < -0.39 is 0 Å². The van der Waals surface area contributed by atoms with Crippen molar-refractivity contribution in [3.8, 4) is 0 Å². The van der Waals surface area contributed by atoms with Gasteiger partial charge in [0.1, 0.15) is 6.61 Å². The Kier molecular flexibility index (Phi) is 5.39. The number of hydrazine groups is 1. The van der Waals surface area contributed by atoms with Gasteiger partial charge in [-0.05, 0) is 42.7 Å². The summed E-state index contributed by atoms with van der Waals surface area (Å²) in [7, 11) is 2.17. The number of ether oxygens (including phenoxy) is 1. The Morgan fingerprint density at radius 2 is 1.96 bits per heavy atom. The third kappa shape index (κ3) is 4.68. The van der Waals surface area contributed by atoms with Crippen LogP contribution in [0.3, 0.4) is 0 Å². The topological polar surface area (TPSA) is 49.4 Å². The highest BCUT2D eigenvalue weighted by Crippen LogP contribution is 2.19. The van der Waals surface area contributed by atoms with Crippen LogP contribution in [-0.2, 0) is 30.7 Å². The van der Waals surface area contributed by atoms with E-state index in [4.69, 9.17) is 4.74 Å². The summed E-state index contributed by atoms with van der Waals surface area (Å²) >= 11 is 0. The van der Waals surface area contributed by atoms with E-state index in [0.717, 1.165) is 49.5 Å². The second kappa shape index (κ2) is 8.27. The standard InChI is InChI=1S/C22H26N4O/c1-26-12-11-21-19(15-26)13-18(14-23-21)7-8-20-9-10-22(25-24-20)27-16-17-5-3-2-4-6-17/h2-6,9-10,13-14,24-25H,7-8,11-12,15-16H2,1H3. The fraction of sp³-hybridized carbons (Fsp3) is 0.318. The van der Waals surface area contributed by atoms with Crippen molar-refractivity contribution >= 4 is 0 Å². The number of aryl methyl sites for hydroxylation is 1. The Balaban J connectivity index is 1.30. The number of hydrogen-bond acceptors (Lipinski definition) is 5. The molecule has 27 heavy (non-hydrogen) atoms. The second-order valence-corrected chi connectivity index (χ2v) is 7.18. The Morgan fingerprint density at radius 3 is 2.78 bits per heavy atom. The second-order valence-electron chi connectivity index (χ2n) is 7.18. The molecular weight excluding hydrogens is 336 g/mol. The number of benzene rings is 1. The first kappa shape index (κ1) is 17.6. The predicted octanol–water partition coefficient (Wildman–Crippen LogP) is 3.05. The summed E-state index contributed by atoms with van der Waals surface area (Å²) in [5.74, 6) is 0.737. The van der Waals surface area contributed by atoms with Gasteiger partial charge in [0.25, 0.3) is 0 Å². The lowest BCUT2D eigenvalue weighted by atomic mass is 10.0. The molecule has 0 saturated heterocycles. The number of hydrogen-bond donors (Lipinski definition) is 2. The number of rotatable bonds is 6. The summed E-state index contributed by atoms with van der Waals surface area (Å²) in [4.78, 5) is 7.02. The largest absolute Gasteiger partial charge is 0.473 e. The highest BCUT2D eigenvalue weighted by molar-refractivity contribution is 5.28. The molecule has 0 bridgehead atoms. The van der Waals surface area contributed by atoms with E-state index in [0.29, 0.717) is 6.61 Å². The SMILES string of the molecule is CN1CCc2ncc(CCC3=CC=C(OCc4ccccc4)NN3)cc2C1. The average Bonchev–Trinajstić information content (AvgIpc) is 2.72. The Hall–Kier alpha value is -2.79. The van der Waals surface area contributed by atoms with Crippen LogP contribution in [0.1, 0.15) is 28.8 Å². The monoisotopic (exact) mass is 362 g/mol. The van der Waals surface area contributed by atoms with Gasteiger partial charge in [-0.2, -0.15) is 0 Å². The van der Waals surface area contributed by atoms with E-state index in [1.165, 1.54) is 16.8 Å². The lowest BCUT2D eigenvalue weighted by molar-refractivity contribution is 0.169. The molecule has 2 aliphatic rings. The van der Waals surface area contributed by atoms with Gasteiger partial charge in [-0.3, -0.25) is 10.4 Å². The molecule has 4 rings (SSSR count). The Labute approximate surface area is 160 Å². The minimum atomic E-state index is 0.555. The molecule has 0 atom stereocenters. The molecule has 2 aliphatic heterocycles. The van der Waals surface area contributed by atoms with Crippen LogP contribution in [0.4, 0.5) is 0 Å². The molecule has 0 fully saturated rings. The first-order valence-electron chi connectivity index (χ1n) is 9.51. The van der Waals surface area contributed by atoms with Crippen LogP contribution >= 0.6 is 0 Å². The van der Waals surface area contributed by atoms with Crippen LogP contribution in [0.15, 0.2) is 66.3 Å². The molecule has 0 spiro atoms. The maximum Gasteiger partial charge on any atom is 0.205 e. The van der Waals surface area contributed by atoms with Gasteiger partial charge in [0, 0.05) is 43.2 Å². The number of pyridine rings is 1. The zero-order valence-corrected chi connectivity index (χ0v) is 15.7. The first-order valence-corrected chi connectivity index (χ1v) is 9.51. The molecule has 0 saturated carbocycles. The van der Waals surface area contributed by atoms with Crippen LogP contribution in [0, 0.1) is 0 Å². The number of nitrogens with zero attached hydrogens (tertiary/aromatic N) is 2. The quantitative estimate of drug-likeness (QED) is 0.827. The number of aromatic nitrogens is 1. The molecule has 0 amide bonds. The molecule has 2 N–H and O–H groups in total. The third-order valence-electron chi connectivity index (χ3n) is 4.99. The number of allylic oxidation sites excluding steroid dienone is 3. The zero-order chi connectivity index (χ0) is 18.5. The number of fused-ring (bicyclic) bond motifs is 1. The maximum absolute atomic E-state index is 5.78. The fourth-order valence-electron chi connectivity index (χ4n) is 3.40. The van der Waals surface area contributed by atoms with Gasteiger partial charge >= 0.3 is 0 Å². The molecule has 0 unspecified atom stereocenters. The van der Waals surface area contributed by atoms with Crippen molar-refractivity contribution in [3.05, 3.63) is 88.7 Å². The van der Waals surface area contributed by atoms with Gasteiger partial charge < -0.3 is 15.1 Å². The minimum Gasteiger partial charge on any atom is -0.473 e. The number of likely N-dealkylation sites (N-methyl/N-ethyl adjacent to an activating group) is 1. The van der Waals surface area contributed by atoms with Crippen molar-refractivity contribution in [3.63, 3.8) is 0 Å². The summed E-state index contributed by atoms with van der Waals surface area (Å²) in [6, 6.07) is 12.5. The van der Waals surface area contributed by atoms with Crippen LogP contribution in [0.25, 0.3) is 0 Å². The zero-order valence-electron chi connectivity index (χ0n) is 15.7. The lowest BCUT2D eigenvalue weighted by Crippen LogP contribution is -2.34. The van der Waals surface area contributed by atoms with Gasteiger partial charge in [-0.25, -0.2) is 0 Å². The van der Waals surface area contributed by atoms with Crippen LogP contribution in [0.5, 0.6) is 0 Å². The van der Waals surface area contributed by atoms with Crippen molar-refractivity contribution in [1.29, 1.82) is 0 Å². The highest BCUT2D eigenvalue weighted by atomic mass is 16.5. The van der Waals surface area contributed by atoms with Gasteiger partial charge in [-0.1, -0.05) is 36.4 Å². The Bertz CT molecular complexity index is 845. The van der Waals surface area contributed by atoms with E-state index in [1.807, 2.05) is 30.5 Å². The average molecular weight is 362 g/mol. The molecule has 0 radical (unpaired) electrons.